The molecular weight excluding hydrogens is 352 g/mol. The Labute approximate surface area is 146 Å². The Morgan fingerprint density at radius 2 is 1.87 bits per heavy atom. The van der Waals surface area contributed by atoms with E-state index in [1.54, 1.807) is 6.08 Å². The minimum atomic E-state index is -4.41. The highest BCUT2D eigenvalue weighted by Gasteiger charge is 2.32. The van der Waals surface area contributed by atoms with E-state index in [9.17, 15) is 18.3 Å². The number of rotatable bonds is 4. The fourth-order valence-electron chi connectivity index (χ4n) is 2.62. The van der Waals surface area contributed by atoms with Crippen molar-refractivity contribution in [3.05, 3.63) is 42.0 Å². The second kappa shape index (κ2) is 9.37. The Morgan fingerprint density at radius 3 is 2.39 bits per heavy atom. The highest BCUT2D eigenvalue weighted by Crippen LogP contribution is 2.37. The van der Waals surface area contributed by atoms with Crippen molar-refractivity contribution >= 4 is 24.8 Å². The largest absolute Gasteiger partial charge is 0.508 e. The third-order valence-electron chi connectivity index (χ3n) is 3.70. The number of hydrogen-bond acceptors (Lipinski definition) is 3. The first-order chi connectivity index (χ1) is 9.93. The summed E-state index contributed by atoms with van der Waals surface area (Å²) in [6, 6.07) is 2.79. The summed E-state index contributed by atoms with van der Waals surface area (Å²) in [6.45, 7) is 6.71. The van der Waals surface area contributed by atoms with Gasteiger partial charge >= 0.3 is 6.18 Å². The van der Waals surface area contributed by atoms with Gasteiger partial charge in [-0.25, -0.2) is 0 Å². The van der Waals surface area contributed by atoms with Crippen LogP contribution in [0.15, 0.2) is 30.9 Å². The Bertz CT molecular complexity index is 506. The van der Waals surface area contributed by atoms with E-state index in [2.05, 4.69) is 16.8 Å². The number of benzene rings is 1. The molecule has 2 N–H and O–H groups in total. The minimum Gasteiger partial charge on any atom is -0.508 e. The molecule has 0 aliphatic carbocycles. The van der Waals surface area contributed by atoms with Crippen molar-refractivity contribution in [3.63, 3.8) is 0 Å². The Hall–Kier alpha value is -0.950. The standard InChI is InChI=1S/C15H19F3N2O.2ClH/c1-2-3-13(20-8-6-19-7-9-20)12-10-11(15(16,17)18)4-5-14(12)21;;/h2,4-5,10,13,19,21H,1,3,6-9H2;2*1H/t13-;;/m0../s1. The topological polar surface area (TPSA) is 35.5 Å². The molecule has 8 heteroatoms. The van der Waals surface area contributed by atoms with E-state index in [0.717, 1.165) is 44.4 Å². The summed E-state index contributed by atoms with van der Waals surface area (Å²) in [7, 11) is 0. The van der Waals surface area contributed by atoms with Crippen LogP contribution in [0.25, 0.3) is 0 Å². The van der Waals surface area contributed by atoms with Gasteiger partial charge in [0.25, 0.3) is 0 Å². The number of phenolic OH excluding ortho intramolecular Hbond substituents is 1. The summed E-state index contributed by atoms with van der Waals surface area (Å²) in [4.78, 5) is 2.08. The summed E-state index contributed by atoms with van der Waals surface area (Å²) >= 11 is 0. The molecule has 1 aromatic rings. The van der Waals surface area contributed by atoms with Gasteiger partial charge in [-0.2, -0.15) is 13.2 Å². The smallest absolute Gasteiger partial charge is 0.416 e. The van der Waals surface area contributed by atoms with Crippen molar-refractivity contribution in [2.45, 2.75) is 18.6 Å². The fraction of sp³-hybridized carbons (Fsp3) is 0.467. The van der Waals surface area contributed by atoms with Gasteiger partial charge in [0, 0.05) is 37.8 Å². The molecular formula is C15H21Cl2F3N2O. The summed E-state index contributed by atoms with van der Waals surface area (Å²) in [6.07, 6.45) is -2.24. The second-order valence-electron chi connectivity index (χ2n) is 5.10. The van der Waals surface area contributed by atoms with E-state index in [1.807, 2.05) is 0 Å². The van der Waals surface area contributed by atoms with Crippen molar-refractivity contribution < 1.29 is 18.3 Å². The normalized spacial score (nSPS) is 16.8. The number of nitrogens with zero attached hydrogens (tertiary/aromatic N) is 1. The van der Waals surface area contributed by atoms with Crippen molar-refractivity contribution in [3.8, 4) is 5.75 Å². The maximum absolute atomic E-state index is 12.9. The molecule has 3 nitrogen and oxygen atoms in total. The van der Waals surface area contributed by atoms with Gasteiger partial charge < -0.3 is 10.4 Å². The van der Waals surface area contributed by atoms with Gasteiger partial charge in [-0.1, -0.05) is 6.08 Å². The highest BCUT2D eigenvalue weighted by molar-refractivity contribution is 5.85. The molecule has 0 aromatic heterocycles. The van der Waals surface area contributed by atoms with Gasteiger partial charge in [-0.3, -0.25) is 4.90 Å². The molecule has 1 fully saturated rings. The Morgan fingerprint density at radius 1 is 1.26 bits per heavy atom. The molecule has 0 spiro atoms. The maximum Gasteiger partial charge on any atom is 0.416 e. The maximum atomic E-state index is 12.9. The molecule has 1 saturated heterocycles. The molecule has 0 amide bonds. The van der Waals surface area contributed by atoms with E-state index >= 15 is 0 Å². The Kier molecular flexibility index (Phi) is 8.98. The van der Waals surface area contributed by atoms with Crippen LogP contribution in [0.5, 0.6) is 5.75 Å². The lowest BCUT2D eigenvalue weighted by atomic mass is 9.97. The molecule has 0 bridgehead atoms. The van der Waals surface area contributed by atoms with Crippen LogP contribution in [-0.4, -0.2) is 36.2 Å². The lowest BCUT2D eigenvalue weighted by Gasteiger charge is -2.35. The van der Waals surface area contributed by atoms with Crippen molar-refractivity contribution in [2.75, 3.05) is 26.2 Å². The molecule has 1 heterocycles. The number of piperazine rings is 1. The van der Waals surface area contributed by atoms with Gasteiger partial charge in [0.1, 0.15) is 5.75 Å². The van der Waals surface area contributed by atoms with Gasteiger partial charge in [0.05, 0.1) is 5.56 Å². The highest BCUT2D eigenvalue weighted by atomic mass is 35.5. The third kappa shape index (κ3) is 5.57. The zero-order valence-electron chi connectivity index (χ0n) is 12.5. The van der Waals surface area contributed by atoms with Crippen LogP contribution in [0.3, 0.4) is 0 Å². The number of aromatic hydroxyl groups is 1. The molecule has 2 rings (SSSR count). The van der Waals surface area contributed by atoms with Crippen LogP contribution < -0.4 is 5.32 Å². The average molecular weight is 373 g/mol. The predicted octanol–water partition coefficient (Wildman–Crippen LogP) is 3.78. The van der Waals surface area contributed by atoms with E-state index in [-0.39, 0.29) is 36.6 Å². The van der Waals surface area contributed by atoms with Crippen molar-refractivity contribution in [1.82, 2.24) is 10.2 Å². The number of nitrogens with one attached hydrogen (secondary N) is 1. The first-order valence-electron chi connectivity index (χ1n) is 6.89. The first-order valence-corrected chi connectivity index (χ1v) is 6.89. The average Bonchev–Trinajstić information content (AvgIpc) is 2.45. The van der Waals surface area contributed by atoms with Crippen LogP contribution in [-0.2, 0) is 6.18 Å². The number of phenols is 1. The lowest BCUT2D eigenvalue weighted by molar-refractivity contribution is -0.137. The van der Waals surface area contributed by atoms with Crippen LogP contribution >= 0.6 is 24.8 Å². The third-order valence-corrected chi connectivity index (χ3v) is 3.70. The first kappa shape index (κ1) is 22.1. The van der Waals surface area contributed by atoms with Gasteiger partial charge in [-0.15, -0.1) is 31.4 Å². The quantitative estimate of drug-likeness (QED) is 0.789. The van der Waals surface area contributed by atoms with E-state index in [1.165, 1.54) is 0 Å². The molecule has 0 saturated carbocycles. The molecule has 132 valence electrons. The SMILES string of the molecule is C=CC[C@@H](c1cc(C(F)(F)F)ccc1O)N1CCNCC1.Cl.Cl. The summed E-state index contributed by atoms with van der Waals surface area (Å²) in [5, 5.41) is 13.2. The van der Waals surface area contributed by atoms with E-state index in [0.29, 0.717) is 12.0 Å². The van der Waals surface area contributed by atoms with Crippen LogP contribution in [0.1, 0.15) is 23.6 Å². The van der Waals surface area contributed by atoms with Gasteiger partial charge in [0.15, 0.2) is 0 Å². The lowest BCUT2D eigenvalue weighted by Crippen LogP contribution is -2.45. The Balaban J connectivity index is 0.00000242. The molecule has 1 atom stereocenters. The molecule has 1 aliphatic heterocycles. The summed E-state index contributed by atoms with van der Waals surface area (Å²) in [5.74, 6) is -0.103. The van der Waals surface area contributed by atoms with E-state index < -0.39 is 11.7 Å². The molecule has 23 heavy (non-hydrogen) atoms. The monoisotopic (exact) mass is 372 g/mol. The predicted molar refractivity (Wildman–Crippen MR) is 89.6 cm³/mol. The van der Waals surface area contributed by atoms with Crippen molar-refractivity contribution in [2.24, 2.45) is 0 Å². The summed E-state index contributed by atoms with van der Waals surface area (Å²) in [5.41, 5.74) is -0.425. The number of hydrogen-bond donors (Lipinski definition) is 2. The van der Waals surface area contributed by atoms with Crippen LogP contribution in [0.4, 0.5) is 13.2 Å². The molecule has 0 unspecified atom stereocenters. The number of halogens is 5. The van der Waals surface area contributed by atoms with Crippen LogP contribution in [0, 0.1) is 0 Å². The summed E-state index contributed by atoms with van der Waals surface area (Å²) < 4.78 is 38.6. The van der Waals surface area contributed by atoms with Crippen LogP contribution in [0.2, 0.25) is 0 Å². The van der Waals surface area contributed by atoms with E-state index in [4.69, 9.17) is 0 Å². The minimum absolute atomic E-state index is 0. The second-order valence-corrected chi connectivity index (χ2v) is 5.10. The van der Waals surface area contributed by atoms with Crippen molar-refractivity contribution in [1.29, 1.82) is 0 Å². The number of alkyl halides is 3. The zero-order chi connectivity index (χ0) is 15.5. The van der Waals surface area contributed by atoms with Gasteiger partial charge in [0.2, 0.25) is 0 Å². The fourth-order valence-corrected chi connectivity index (χ4v) is 2.62. The molecule has 1 aliphatic rings. The van der Waals surface area contributed by atoms with Gasteiger partial charge in [-0.05, 0) is 24.6 Å². The zero-order valence-corrected chi connectivity index (χ0v) is 14.1. The molecule has 1 aromatic carbocycles. The molecule has 0 radical (unpaired) electrons.